The molecule has 3 unspecified atom stereocenters. The van der Waals surface area contributed by atoms with E-state index in [9.17, 15) is 8.78 Å². The molecule has 1 saturated carbocycles. The van der Waals surface area contributed by atoms with Crippen LogP contribution in [0, 0.1) is 29.4 Å². The predicted octanol–water partition coefficient (Wildman–Crippen LogP) is 4.30. The van der Waals surface area contributed by atoms with Crippen LogP contribution in [0.2, 0.25) is 0 Å². The fourth-order valence-corrected chi connectivity index (χ4v) is 3.99. The van der Waals surface area contributed by atoms with Gasteiger partial charge >= 0.3 is 0 Å². The lowest BCUT2D eigenvalue weighted by atomic mass is 9.72. The highest BCUT2D eigenvalue weighted by molar-refractivity contribution is 9.10. The van der Waals surface area contributed by atoms with E-state index in [2.05, 4.69) is 35.2 Å². The molecule has 0 saturated heterocycles. The topological polar surface area (TPSA) is 38.0 Å². The molecule has 2 nitrogen and oxygen atoms in total. The predicted molar refractivity (Wildman–Crippen MR) is 79.8 cm³/mol. The Hall–Kier alpha value is -0.520. The molecule has 0 amide bonds. The molecule has 0 heterocycles. The van der Waals surface area contributed by atoms with E-state index < -0.39 is 17.7 Å². The van der Waals surface area contributed by atoms with Gasteiger partial charge in [-0.25, -0.2) is 8.78 Å². The van der Waals surface area contributed by atoms with Crippen molar-refractivity contribution in [3.8, 4) is 0 Å². The minimum absolute atomic E-state index is 0.0574. The van der Waals surface area contributed by atoms with Gasteiger partial charge in [0.05, 0.1) is 6.04 Å². The van der Waals surface area contributed by atoms with E-state index in [4.69, 9.17) is 5.84 Å². The van der Waals surface area contributed by atoms with Crippen molar-refractivity contribution >= 4 is 15.9 Å². The Balaban J connectivity index is 2.33. The van der Waals surface area contributed by atoms with Gasteiger partial charge in [-0.05, 0) is 49.1 Å². The van der Waals surface area contributed by atoms with Crippen molar-refractivity contribution < 1.29 is 8.78 Å². The van der Waals surface area contributed by atoms with Gasteiger partial charge in [0.25, 0.3) is 0 Å². The summed E-state index contributed by atoms with van der Waals surface area (Å²) in [6, 6.07) is 2.10. The maximum absolute atomic E-state index is 14.1. The number of hydrogen-bond donors (Lipinski definition) is 2. The number of hydrazine groups is 1. The molecule has 0 bridgehead atoms. The van der Waals surface area contributed by atoms with Crippen LogP contribution in [0.3, 0.4) is 0 Å². The Morgan fingerprint density at radius 1 is 1.15 bits per heavy atom. The average Bonchev–Trinajstić information content (AvgIpc) is 2.32. The van der Waals surface area contributed by atoms with E-state index in [0.717, 1.165) is 12.8 Å². The molecule has 3 N–H and O–H groups in total. The Labute approximate surface area is 127 Å². The Morgan fingerprint density at radius 3 is 2.10 bits per heavy atom. The van der Waals surface area contributed by atoms with E-state index in [0.29, 0.717) is 16.3 Å². The molecule has 5 heteroatoms. The van der Waals surface area contributed by atoms with Crippen LogP contribution in [0.4, 0.5) is 8.78 Å². The molecule has 1 aliphatic carbocycles. The number of halogens is 3. The van der Waals surface area contributed by atoms with Crippen LogP contribution in [0.25, 0.3) is 0 Å². The number of benzene rings is 1. The number of nitrogens with two attached hydrogens (primary N) is 1. The highest BCUT2D eigenvalue weighted by Crippen LogP contribution is 2.41. The monoisotopic (exact) mass is 346 g/mol. The summed E-state index contributed by atoms with van der Waals surface area (Å²) < 4.78 is 28.7. The average molecular weight is 347 g/mol. The Kier molecular flexibility index (Phi) is 5.15. The summed E-state index contributed by atoms with van der Waals surface area (Å²) in [5.74, 6) is 5.78. The van der Waals surface area contributed by atoms with Crippen molar-refractivity contribution in [1.29, 1.82) is 0 Å². The largest absolute Gasteiger partial charge is 0.271 e. The second kappa shape index (κ2) is 6.50. The van der Waals surface area contributed by atoms with Crippen LogP contribution in [-0.4, -0.2) is 0 Å². The van der Waals surface area contributed by atoms with Gasteiger partial charge in [-0.3, -0.25) is 11.3 Å². The molecule has 112 valence electrons. The van der Waals surface area contributed by atoms with Crippen molar-refractivity contribution in [3.05, 3.63) is 33.8 Å². The molecule has 20 heavy (non-hydrogen) atoms. The summed E-state index contributed by atoms with van der Waals surface area (Å²) in [6.07, 6.45) is 3.04. The van der Waals surface area contributed by atoms with Crippen molar-refractivity contribution in [3.63, 3.8) is 0 Å². The van der Waals surface area contributed by atoms with E-state index in [1.807, 2.05) is 0 Å². The summed E-state index contributed by atoms with van der Waals surface area (Å²) in [6.45, 7) is 4.37. The van der Waals surface area contributed by atoms with Gasteiger partial charge in [0, 0.05) is 10.0 Å². The van der Waals surface area contributed by atoms with Crippen LogP contribution in [0.15, 0.2) is 16.6 Å². The highest BCUT2D eigenvalue weighted by Gasteiger charge is 2.33. The van der Waals surface area contributed by atoms with Crippen LogP contribution in [0.5, 0.6) is 0 Å². The summed E-state index contributed by atoms with van der Waals surface area (Å²) >= 11 is 3.10. The first kappa shape index (κ1) is 15.9. The SMILES string of the molecule is CC1CC(C)CC(C(NN)c2c(F)cc(Br)cc2F)C1. The lowest BCUT2D eigenvalue weighted by molar-refractivity contribution is 0.172. The number of hydrogen-bond acceptors (Lipinski definition) is 2. The van der Waals surface area contributed by atoms with E-state index in [1.165, 1.54) is 18.6 Å². The Bertz CT molecular complexity index is 448. The maximum atomic E-state index is 14.1. The van der Waals surface area contributed by atoms with E-state index >= 15 is 0 Å². The molecule has 0 aromatic heterocycles. The van der Waals surface area contributed by atoms with Crippen molar-refractivity contribution in [2.24, 2.45) is 23.6 Å². The number of rotatable bonds is 3. The van der Waals surface area contributed by atoms with Crippen LogP contribution >= 0.6 is 15.9 Å². The standard InChI is InChI=1S/C15H21BrF2N2/c1-8-3-9(2)5-10(4-8)15(20-19)14-12(17)6-11(16)7-13(14)18/h6-10,15,20H,3-5,19H2,1-2H3. The molecule has 1 aromatic rings. The van der Waals surface area contributed by atoms with E-state index in [-0.39, 0.29) is 11.5 Å². The molecular weight excluding hydrogens is 326 g/mol. The first-order chi connectivity index (χ1) is 9.42. The Morgan fingerprint density at radius 2 is 1.65 bits per heavy atom. The first-order valence-corrected chi connectivity index (χ1v) is 7.82. The zero-order chi connectivity index (χ0) is 14.9. The molecule has 0 spiro atoms. The molecule has 1 aliphatic rings. The summed E-state index contributed by atoms with van der Waals surface area (Å²) in [4.78, 5) is 0. The van der Waals surface area contributed by atoms with Crippen LogP contribution in [0.1, 0.15) is 44.7 Å². The van der Waals surface area contributed by atoms with Gasteiger partial charge in [-0.1, -0.05) is 29.8 Å². The zero-order valence-electron chi connectivity index (χ0n) is 11.8. The molecule has 2 rings (SSSR count). The summed E-state index contributed by atoms with van der Waals surface area (Å²) in [5.41, 5.74) is 2.69. The minimum Gasteiger partial charge on any atom is -0.271 e. The quantitative estimate of drug-likeness (QED) is 0.632. The smallest absolute Gasteiger partial charge is 0.132 e. The fourth-order valence-electron chi connectivity index (χ4n) is 3.59. The van der Waals surface area contributed by atoms with Gasteiger partial charge in [0.15, 0.2) is 0 Å². The fraction of sp³-hybridized carbons (Fsp3) is 0.600. The molecule has 1 fully saturated rings. The molecule has 1 aromatic carbocycles. The summed E-state index contributed by atoms with van der Waals surface area (Å²) in [5, 5.41) is 0. The van der Waals surface area contributed by atoms with Crippen molar-refractivity contribution in [1.82, 2.24) is 5.43 Å². The second-order valence-corrected chi connectivity index (χ2v) is 7.02. The summed E-state index contributed by atoms with van der Waals surface area (Å²) in [7, 11) is 0. The third-order valence-corrected chi connectivity index (χ3v) is 4.68. The number of nitrogens with one attached hydrogen (secondary N) is 1. The minimum atomic E-state index is -0.550. The molecule has 0 radical (unpaired) electrons. The van der Waals surface area contributed by atoms with Gasteiger partial charge in [0.1, 0.15) is 11.6 Å². The van der Waals surface area contributed by atoms with Gasteiger partial charge in [-0.15, -0.1) is 0 Å². The highest BCUT2D eigenvalue weighted by atomic mass is 79.9. The van der Waals surface area contributed by atoms with Gasteiger partial charge in [0.2, 0.25) is 0 Å². The van der Waals surface area contributed by atoms with Crippen molar-refractivity contribution in [2.45, 2.75) is 39.2 Å². The third-order valence-electron chi connectivity index (χ3n) is 4.22. The van der Waals surface area contributed by atoms with Gasteiger partial charge < -0.3 is 0 Å². The lowest BCUT2D eigenvalue weighted by Gasteiger charge is -2.36. The lowest BCUT2D eigenvalue weighted by Crippen LogP contribution is -2.38. The van der Waals surface area contributed by atoms with E-state index in [1.54, 1.807) is 0 Å². The van der Waals surface area contributed by atoms with Crippen LogP contribution < -0.4 is 11.3 Å². The molecule has 3 atom stereocenters. The van der Waals surface area contributed by atoms with Crippen molar-refractivity contribution in [2.75, 3.05) is 0 Å². The first-order valence-electron chi connectivity index (χ1n) is 7.03. The van der Waals surface area contributed by atoms with Crippen LogP contribution in [-0.2, 0) is 0 Å². The molecular formula is C15H21BrF2N2. The zero-order valence-corrected chi connectivity index (χ0v) is 13.4. The normalized spacial score (nSPS) is 28.4. The second-order valence-electron chi connectivity index (χ2n) is 6.10. The van der Waals surface area contributed by atoms with Gasteiger partial charge in [-0.2, -0.15) is 0 Å². The molecule has 0 aliphatic heterocycles. The third kappa shape index (κ3) is 3.38. The maximum Gasteiger partial charge on any atom is 0.132 e.